The highest BCUT2D eigenvalue weighted by molar-refractivity contribution is 5.83. The van der Waals surface area contributed by atoms with Gasteiger partial charge < -0.3 is 9.47 Å². The molecular formula is C25H33NO2. The molecule has 0 amide bonds. The fraction of sp³-hybridized carbons (Fsp3) is 0.440. The smallest absolute Gasteiger partial charge is 0.188 e. The minimum Gasteiger partial charge on any atom is -0.467 e. The molecule has 3 rings (SSSR count). The molecule has 0 radical (unpaired) electrons. The lowest BCUT2D eigenvalue weighted by Crippen LogP contribution is -2.34. The van der Waals surface area contributed by atoms with E-state index in [-0.39, 0.29) is 6.79 Å². The van der Waals surface area contributed by atoms with Crippen LogP contribution in [0.15, 0.2) is 54.6 Å². The van der Waals surface area contributed by atoms with Crippen LogP contribution in [0.1, 0.15) is 49.3 Å². The number of likely N-dealkylation sites (N-methyl/N-ethyl adjacent to an activating group) is 1. The molecule has 1 fully saturated rings. The fourth-order valence-electron chi connectivity index (χ4n) is 3.94. The van der Waals surface area contributed by atoms with E-state index in [2.05, 4.69) is 73.5 Å². The van der Waals surface area contributed by atoms with E-state index >= 15 is 0 Å². The maximum absolute atomic E-state index is 5.96. The molecule has 0 aliphatic carbocycles. The number of methoxy groups -OCH3 is 1. The Morgan fingerprint density at radius 1 is 1.14 bits per heavy atom. The zero-order chi connectivity index (χ0) is 19.8. The zero-order valence-electron chi connectivity index (χ0n) is 17.5. The van der Waals surface area contributed by atoms with Crippen molar-refractivity contribution in [1.82, 2.24) is 4.90 Å². The third-order valence-corrected chi connectivity index (χ3v) is 5.48. The van der Waals surface area contributed by atoms with Gasteiger partial charge in [-0.3, -0.25) is 4.90 Å². The van der Waals surface area contributed by atoms with Crippen LogP contribution in [0.3, 0.4) is 0 Å². The Labute approximate surface area is 170 Å². The normalized spacial score (nSPS) is 18.2. The summed E-state index contributed by atoms with van der Waals surface area (Å²) in [7, 11) is 3.90. The summed E-state index contributed by atoms with van der Waals surface area (Å²) < 4.78 is 11.1. The third-order valence-electron chi connectivity index (χ3n) is 5.48. The minimum absolute atomic E-state index is 0.255. The van der Waals surface area contributed by atoms with Gasteiger partial charge in [0, 0.05) is 18.7 Å². The zero-order valence-corrected chi connectivity index (χ0v) is 17.5. The molecule has 150 valence electrons. The van der Waals surface area contributed by atoms with Gasteiger partial charge in [-0.05, 0) is 61.7 Å². The summed E-state index contributed by atoms with van der Waals surface area (Å²) in [6.45, 7) is 3.64. The quantitative estimate of drug-likeness (QED) is 0.562. The lowest BCUT2D eigenvalue weighted by atomic mass is 9.91. The van der Waals surface area contributed by atoms with Crippen molar-refractivity contribution >= 4 is 5.57 Å². The molecule has 1 atom stereocenters. The van der Waals surface area contributed by atoms with E-state index in [0.717, 1.165) is 30.7 Å². The third kappa shape index (κ3) is 5.24. The van der Waals surface area contributed by atoms with E-state index in [1.165, 1.54) is 36.0 Å². The van der Waals surface area contributed by atoms with Gasteiger partial charge in [0.2, 0.25) is 0 Å². The van der Waals surface area contributed by atoms with Crippen LogP contribution in [0.2, 0.25) is 0 Å². The first-order chi connectivity index (χ1) is 13.7. The van der Waals surface area contributed by atoms with Gasteiger partial charge in [-0.2, -0.15) is 0 Å². The molecule has 0 N–H and O–H groups in total. The van der Waals surface area contributed by atoms with Gasteiger partial charge >= 0.3 is 0 Å². The van der Waals surface area contributed by atoms with Crippen LogP contribution in [0.4, 0.5) is 0 Å². The molecule has 2 aromatic carbocycles. The molecule has 1 aliphatic heterocycles. The maximum Gasteiger partial charge on any atom is 0.188 e. The highest BCUT2D eigenvalue weighted by atomic mass is 16.7. The van der Waals surface area contributed by atoms with Gasteiger partial charge in [0.05, 0.1) is 0 Å². The summed E-state index contributed by atoms with van der Waals surface area (Å²) in [5, 5.41) is 0. The van der Waals surface area contributed by atoms with Gasteiger partial charge in [-0.1, -0.05) is 62.2 Å². The first kappa shape index (κ1) is 20.6. The summed E-state index contributed by atoms with van der Waals surface area (Å²) in [6.07, 6.45) is 8.43. The van der Waals surface area contributed by atoms with Gasteiger partial charge in [-0.25, -0.2) is 0 Å². The van der Waals surface area contributed by atoms with Crippen LogP contribution in [0.5, 0.6) is 5.75 Å². The van der Waals surface area contributed by atoms with Crippen LogP contribution >= 0.6 is 0 Å². The Morgan fingerprint density at radius 3 is 2.68 bits per heavy atom. The molecule has 1 saturated heterocycles. The van der Waals surface area contributed by atoms with Crippen molar-refractivity contribution in [3.05, 3.63) is 71.3 Å². The van der Waals surface area contributed by atoms with Crippen LogP contribution < -0.4 is 4.74 Å². The Bertz CT molecular complexity index is 769. The van der Waals surface area contributed by atoms with E-state index in [0.29, 0.717) is 6.04 Å². The maximum atomic E-state index is 5.96. The predicted molar refractivity (Wildman–Crippen MR) is 117 cm³/mol. The second kappa shape index (κ2) is 10.4. The number of ether oxygens (including phenoxy) is 2. The Balaban J connectivity index is 2.09. The van der Waals surface area contributed by atoms with E-state index in [4.69, 9.17) is 9.47 Å². The summed E-state index contributed by atoms with van der Waals surface area (Å²) in [4.78, 5) is 2.47. The number of rotatable bonds is 8. The molecule has 0 spiro atoms. The topological polar surface area (TPSA) is 21.7 Å². The molecule has 0 aromatic heterocycles. The van der Waals surface area contributed by atoms with Crippen molar-refractivity contribution in [3.8, 4) is 5.75 Å². The first-order valence-electron chi connectivity index (χ1n) is 10.5. The van der Waals surface area contributed by atoms with Crippen molar-refractivity contribution in [1.29, 1.82) is 0 Å². The largest absolute Gasteiger partial charge is 0.467 e. The molecule has 28 heavy (non-hydrogen) atoms. The Hall–Kier alpha value is -2.10. The van der Waals surface area contributed by atoms with Crippen LogP contribution in [-0.2, 0) is 11.2 Å². The molecule has 0 saturated carbocycles. The molecule has 1 unspecified atom stereocenters. The second-order valence-corrected chi connectivity index (χ2v) is 7.62. The van der Waals surface area contributed by atoms with E-state index in [9.17, 15) is 0 Å². The van der Waals surface area contributed by atoms with Gasteiger partial charge in [-0.15, -0.1) is 0 Å². The lowest BCUT2D eigenvalue weighted by molar-refractivity contribution is 0.0509. The van der Waals surface area contributed by atoms with Crippen LogP contribution in [0, 0.1) is 0 Å². The molecule has 0 bridgehead atoms. The van der Waals surface area contributed by atoms with E-state index < -0.39 is 0 Å². The molecule has 2 aromatic rings. The highest BCUT2D eigenvalue weighted by Crippen LogP contribution is 2.34. The van der Waals surface area contributed by atoms with E-state index in [1.807, 2.05) is 0 Å². The number of benzene rings is 2. The standard InChI is InChI=1S/C25H33NO2/c1-4-10-20-14-15-25(28-19-27-3)24(17-20)23(21-11-6-5-7-12-21)18-22-13-8-9-16-26(22)2/h5-7,11-12,14-15,17-18,22H,4,8-10,13,16,19H2,1-3H3/b23-18+. The number of piperidine rings is 1. The summed E-state index contributed by atoms with van der Waals surface area (Å²) in [5.74, 6) is 0.885. The van der Waals surface area contributed by atoms with Crippen molar-refractivity contribution in [2.45, 2.75) is 45.1 Å². The number of aryl methyl sites for hydroxylation is 1. The second-order valence-electron chi connectivity index (χ2n) is 7.62. The Morgan fingerprint density at radius 2 is 1.96 bits per heavy atom. The monoisotopic (exact) mass is 379 g/mol. The molecule has 1 heterocycles. The average molecular weight is 380 g/mol. The minimum atomic E-state index is 0.255. The first-order valence-corrected chi connectivity index (χ1v) is 10.5. The Kier molecular flexibility index (Phi) is 7.70. The lowest BCUT2D eigenvalue weighted by Gasteiger charge is -2.31. The van der Waals surface area contributed by atoms with Crippen LogP contribution in [0.25, 0.3) is 5.57 Å². The number of nitrogens with zero attached hydrogens (tertiary/aromatic N) is 1. The van der Waals surface area contributed by atoms with Gasteiger partial charge in [0.1, 0.15) is 5.75 Å². The number of likely N-dealkylation sites (tertiary alicyclic amines) is 1. The van der Waals surface area contributed by atoms with Crippen molar-refractivity contribution in [3.63, 3.8) is 0 Å². The fourth-order valence-corrected chi connectivity index (χ4v) is 3.94. The highest BCUT2D eigenvalue weighted by Gasteiger charge is 2.20. The SMILES string of the molecule is CCCc1ccc(OCOC)c(/C(=C/C2CCCCN2C)c2ccccc2)c1. The number of hydrogen-bond donors (Lipinski definition) is 0. The average Bonchev–Trinajstić information content (AvgIpc) is 2.73. The van der Waals surface area contributed by atoms with Gasteiger partial charge in [0.25, 0.3) is 0 Å². The predicted octanol–water partition coefficient (Wildman–Crippen LogP) is 5.54. The molecule has 3 heteroatoms. The number of hydrogen-bond acceptors (Lipinski definition) is 3. The molecular weight excluding hydrogens is 346 g/mol. The van der Waals surface area contributed by atoms with Gasteiger partial charge in [0.15, 0.2) is 6.79 Å². The van der Waals surface area contributed by atoms with Crippen molar-refractivity contribution in [2.75, 3.05) is 27.5 Å². The molecule has 1 aliphatic rings. The van der Waals surface area contributed by atoms with Crippen molar-refractivity contribution < 1.29 is 9.47 Å². The molecule has 3 nitrogen and oxygen atoms in total. The summed E-state index contributed by atoms with van der Waals surface area (Å²) in [6, 6.07) is 17.7. The summed E-state index contributed by atoms with van der Waals surface area (Å²) in [5.41, 5.74) is 5.00. The van der Waals surface area contributed by atoms with E-state index in [1.54, 1.807) is 7.11 Å². The summed E-state index contributed by atoms with van der Waals surface area (Å²) >= 11 is 0. The van der Waals surface area contributed by atoms with Crippen LogP contribution in [-0.4, -0.2) is 38.4 Å². The van der Waals surface area contributed by atoms with Crippen molar-refractivity contribution in [2.24, 2.45) is 0 Å².